The minimum absolute atomic E-state index is 0.0196. The van der Waals surface area contributed by atoms with Crippen molar-refractivity contribution in [3.05, 3.63) is 0 Å². The van der Waals surface area contributed by atoms with E-state index in [1.807, 2.05) is 0 Å². The van der Waals surface area contributed by atoms with Gasteiger partial charge in [0.05, 0.1) is 12.7 Å². The molecule has 0 aromatic rings. The molecule has 5 nitrogen and oxygen atoms in total. The molecular formula is C24H50O5Ti. The zero-order valence-electron chi connectivity index (χ0n) is 20.6. The van der Waals surface area contributed by atoms with Crippen LogP contribution in [-0.2, 0) is 33.5 Å². The zero-order valence-corrected chi connectivity index (χ0v) is 22.2. The van der Waals surface area contributed by atoms with Gasteiger partial charge < -0.3 is 0 Å². The third-order valence-corrected chi connectivity index (χ3v) is 6.90. The molecule has 0 aromatic heterocycles. The van der Waals surface area contributed by atoms with Gasteiger partial charge in [-0.1, -0.05) is 99.3 Å². The van der Waals surface area contributed by atoms with Crippen molar-refractivity contribution >= 4 is 0 Å². The van der Waals surface area contributed by atoms with E-state index in [4.69, 9.17) is 8.21 Å². The summed E-state index contributed by atoms with van der Waals surface area (Å²) in [5.74, 6) is 1.31. The normalized spacial score (nSPS) is 17.3. The van der Waals surface area contributed by atoms with E-state index in [-0.39, 0.29) is 24.0 Å². The Bertz CT molecular complexity index is 352. The van der Waals surface area contributed by atoms with Gasteiger partial charge in [0.25, 0.3) is 0 Å². The average molecular weight is 467 g/mol. The molecule has 4 atom stereocenters. The monoisotopic (exact) mass is 466 g/mol. The first-order valence-corrected chi connectivity index (χ1v) is 12.9. The van der Waals surface area contributed by atoms with Gasteiger partial charge in [-0.05, 0) is 36.5 Å². The molecule has 0 bridgehead atoms. The molecule has 180 valence electrons. The van der Waals surface area contributed by atoms with Crippen molar-refractivity contribution in [1.29, 1.82) is 0 Å². The first kappa shape index (κ1) is 32.5. The molecule has 30 heavy (non-hydrogen) atoms. The van der Waals surface area contributed by atoms with Crippen molar-refractivity contribution in [2.45, 2.75) is 125 Å². The first-order valence-electron chi connectivity index (χ1n) is 12.2. The molecular weight excluding hydrogens is 416 g/mol. The molecule has 0 fully saturated rings. The van der Waals surface area contributed by atoms with Crippen LogP contribution in [0.25, 0.3) is 0 Å². The topological polar surface area (TPSA) is 76.0 Å². The SMILES string of the molecule is CCCCC(CC)CC(C)(CC(CC)CCCC)C(COO)C(CCC)OO.[O]=[Ti]. The van der Waals surface area contributed by atoms with Crippen LogP contribution in [-0.4, -0.2) is 23.2 Å². The molecule has 0 aromatic carbocycles. The molecule has 6 heteroatoms. The second-order valence-electron chi connectivity index (χ2n) is 9.23. The van der Waals surface area contributed by atoms with Crippen LogP contribution in [0.2, 0.25) is 0 Å². The number of hydrogen-bond acceptors (Lipinski definition) is 5. The summed E-state index contributed by atoms with van der Waals surface area (Å²) in [7, 11) is 0. The van der Waals surface area contributed by atoms with Gasteiger partial charge in [-0.3, -0.25) is 10.5 Å². The van der Waals surface area contributed by atoms with Gasteiger partial charge in [-0.15, -0.1) is 0 Å². The van der Waals surface area contributed by atoms with E-state index in [0.717, 1.165) is 46.1 Å². The van der Waals surface area contributed by atoms with Crippen LogP contribution in [0.3, 0.4) is 0 Å². The van der Waals surface area contributed by atoms with Crippen molar-refractivity contribution < 1.29 is 44.0 Å². The quantitative estimate of drug-likeness (QED) is 0.115. The molecule has 0 heterocycles. The minimum atomic E-state index is -0.297. The summed E-state index contributed by atoms with van der Waals surface area (Å²) in [4.78, 5) is 9.63. The molecule has 0 spiro atoms. The van der Waals surface area contributed by atoms with E-state index >= 15 is 0 Å². The fourth-order valence-corrected chi connectivity index (χ4v) is 5.04. The molecule has 0 saturated heterocycles. The van der Waals surface area contributed by atoms with Crippen LogP contribution in [0.1, 0.15) is 119 Å². The van der Waals surface area contributed by atoms with Crippen LogP contribution in [0.15, 0.2) is 0 Å². The fourth-order valence-electron chi connectivity index (χ4n) is 5.04. The Balaban J connectivity index is 0. The van der Waals surface area contributed by atoms with E-state index in [1.165, 1.54) is 51.4 Å². The van der Waals surface area contributed by atoms with Crippen LogP contribution in [0.4, 0.5) is 0 Å². The molecule has 0 rings (SSSR count). The Morgan fingerprint density at radius 3 is 1.57 bits per heavy atom. The van der Waals surface area contributed by atoms with Gasteiger partial charge in [-0.25, -0.2) is 9.78 Å². The Hall–Kier alpha value is 0.354. The molecule has 0 saturated carbocycles. The summed E-state index contributed by atoms with van der Waals surface area (Å²) >= 11 is 0.750. The van der Waals surface area contributed by atoms with Gasteiger partial charge in [0, 0.05) is 5.92 Å². The average Bonchev–Trinajstić information content (AvgIpc) is 2.77. The Morgan fingerprint density at radius 2 is 1.27 bits per heavy atom. The zero-order chi connectivity index (χ0) is 23.4. The number of hydrogen-bond donors (Lipinski definition) is 2. The van der Waals surface area contributed by atoms with E-state index < -0.39 is 0 Å². The van der Waals surface area contributed by atoms with Gasteiger partial charge in [0.1, 0.15) is 0 Å². The molecule has 4 unspecified atom stereocenters. The third-order valence-electron chi connectivity index (χ3n) is 6.90. The van der Waals surface area contributed by atoms with Crippen LogP contribution in [0.5, 0.6) is 0 Å². The molecule has 0 amide bonds. The summed E-state index contributed by atoms with van der Waals surface area (Å²) in [5, 5.41) is 19.0. The van der Waals surface area contributed by atoms with Crippen molar-refractivity contribution in [2.24, 2.45) is 23.2 Å². The molecule has 0 aliphatic rings. The van der Waals surface area contributed by atoms with Crippen molar-refractivity contribution in [2.75, 3.05) is 6.61 Å². The number of unbranched alkanes of at least 4 members (excludes halogenated alkanes) is 2. The van der Waals surface area contributed by atoms with Crippen molar-refractivity contribution in [3.8, 4) is 0 Å². The summed E-state index contributed by atoms with van der Waals surface area (Å²) in [5.41, 5.74) is -0.0336. The predicted octanol–water partition coefficient (Wildman–Crippen LogP) is 7.85. The van der Waals surface area contributed by atoms with Crippen molar-refractivity contribution in [1.82, 2.24) is 0 Å². The Kier molecular flexibility index (Phi) is 23.0. The van der Waals surface area contributed by atoms with Crippen molar-refractivity contribution in [3.63, 3.8) is 0 Å². The van der Waals surface area contributed by atoms with Gasteiger partial charge >= 0.3 is 23.7 Å². The van der Waals surface area contributed by atoms with Crippen LogP contribution >= 0.6 is 0 Å². The third kappa shape index (κ3) is 13.0. The molecule has 0 aliphatic heterocycles. The second-order valence-corrected chi connectivity index (χ2v) is 9.23. The summed E-state index contributed by atoms with van der Waals surface area (Å²) < 4.78 is 8.25. The summed E-state index contributed by atoms with van der Waals surface area (Å²) in [6, 6.07) is 0. The molecule has 0 aliphatic carbocycles. The molecule has 0 radical (unpaired) electrons. The van der Waals surface area contributed by atoms with E-state index in [0.29, 0.717) is 11.8 Å². The van der Waals surface area contributed by atoms with Crippen LogP contribution in [0, 0.1) is 23.2 Å². The standard InChI is InChI=1S/C24H50O4.O.Ti/c1-7-12-15-20(10-4)17-24(6,18-21(11-5)16-13-8-2)22(19-27-25)23(28-26)14-9-3;;/h20-23,25-26H,7-19H2,1-6H3;;. The van der Waals surface area contributed by atoms with E-state index in [2.05, 4.69) is 46.4 Å². The number of rotatable bonds is 19. The Labute approximate surface area is 198 Å². The van der Waals surface area contributed by atoms with E-state index in [9.17, 15) is 10.5 Å². The fraction of sp³-hybridized carbons (Fsp3) is 1.00. The van der Waals surface area contributed by atoms with E-state index in [1.54, 1.807) is 0 Å². The second kappa shape index (κ2) is 21.2. The first-order chi connectivity index (χ1) is 14.5. The summed E-state index contributed by atoms with van der Waals surface area (Å²) in [6.45, 7) is 13.8. The summed E-state index contributed by atoms with van der Waals surface area (Å²) in [6.07, 6.45) is 13.4. The maximum atomic E-state index is 9.65. The predicted molar refractivity (Wildman–Crippen MR) is 119 cm³/mol. The molecule has 2 N–H and O–H groups in total. The van der Waals surface area contributed by atoms with Gasteiger partial charge in [0.2, 0.25) is 0 Å². The van der Waals surface area contributed by atoms with Crippen LogP contribution < -0.4 is 0 Å². The Morgan fingerprint density at radius 1 is 0.800 bits per heavy atom. The van der Waals surface area contributed by atoms with Gasteiger partial charge in [0.15, 0.2) is 0 Å². The maximum absolute atomic E-state index is 9.65. The van der Waals surface area contributed by atoms with Gasteiger partial charge in [-0.2, -0.15) is 0 Å².